The molecule has 2 aliphatic carbocycles. The summed E-state index contributed by atoms with van der Waals surface area (Å²) >= 11 is 0. The Morgan fingerprint density at radius 2 is 1.11 bits per heavy atom. The van der Waals surface area contributed by atoms with Crippen LogP contribution in [0.2, 0.25) is 11.6 Å². The molecule has 0 unspecified atom stereocenters. The van der Waals surface area contributed by atoms with Crippen molar-refractivity contribution in [1.82, 2.24) is 0 Å². The second kappa shape index (κ2) is 8.25. The van der Waals surface area contributed by atoms with Gasteiger partial charge in [0.2, 0.25) is 0 Å². The molecule has 0 amide bonds. The molecular formula is C24H27B2F. The predicted octanol–water partition coefficient (Wildman–Crippen LogP) is 6.72. The zero-order valence-corrected chi connectivity index (χ0v) is 16.0. The minimum atomic E-state index is -0.112. The van der Waals surface area contributed by atoms with E-state index >= 15 is 0 Å². The molecule has 0 saturated heterocycles. The van der Waals surface area contributed by atoms with Crippen molar-refractivity contribution in [1.29, 1.82) is 0 Å². The molecule has 4 radical (unpaired) electrons. The summed E-state index contributed by atoms with van der Waals surface area (Å²) < 4.78 is 14.8. The fourth-order valence-electron chi connectivity index (χ4n) is 4.86. The van der Waals surface area contributed by atoms with Crippen molar-refractivity contribution < 1.29 is 4.39 Å². The van der Waals surface area contributed by atoms with Gasteiger partial charge < -0.3 is 0 Å². The van der Waals surface area contributed by atoms with Crippen molar-refractivity contribution in [2.24, 2.45) is 0 Å². The van der Waals surface area contributed by atoms with Gasteiger partial charge in [0.15, 0.2) is 0 Å². The summed E-state index contributed by atoms with van der Waals surface area (Å²) in [6, 6.07) is 14.3. The number of hydrogen-bond donors (Lipinski definition) is 0. The summed E-state index contributed by atoms with van der Waals surface area (Å²) in [5.41, 5.74) is 4.14. The van der Waals surface area contributed by atoms with Gasteiger partial charge in [-0.1, -0.05) is 73.7 Å². The first-order chi connectivity index (χ1) is 13.1. The maximum Gasteiger partial charge on any atom is 0.131 e. The van der Waals surface area contributed by atoms with Crippen LogP contribution >= 0.6 is 0 Å². The van der Waals surface area contributed by atoms with E-state index in [1.165, 1.54) is 5.56 Å². The summed E-state index contributed by atoms with van der Waals surface area (Å²) in [6.07, 6.45) is 8.76. The average Bonchev–Trinajstić information content (AvgIpc) is 2.69. The normalized spacial score (nSPS) is 28.8. The van der Waals surface area contributed by atoms with E-state index in [1.807, 2.05) is 6.07 Å². The Morgan fingerprint density at radius 3 is 1.63 bits per heavy atom. The van der Waals surface area contributed by atoms with Crippen molar-refractivity contribution in [3.63, 3.8) is 0 Å². The van der Waals surface area contributed by atoms with Gasteiger partial charge >= 0.3 is 0 Å². The Labute approximate surface area is 165 Å². The highest BCUT2D eigenvalue weighted by atomic mass is 19.1. The summed E-state index contributed by atoms with van der Waals surface area (Å²) in [4.78, 5) is 0. The van der Waals surface area contributed by atoms with E-state index in [0.29, 0.717) is 29.0 Å². The molecule has 27 heavy (non-hydrogen) atoms. The topological polar surface area (TPSA) is 0 Å². The van der Waals surface area contributed by atoms with Crippen molar-refractivity contribution >= 4 is 15.7 Å². The van der Waals surface area contributed by atoms with Crippen molar-refractivity contribution in [3.05, 3.63) is 59.4 Å². The molecule has 2 aromatic carbocycles. The predicted molar refractivity (Wildman–Crippen MR) is 113 cm³/mol. The monoisotopic (exact) mass is 356 g/mol. The number of benzene rings is 2. The first-order valence-corrected chi connectivity index (χ1v) is 10.5. The zero-order valence-electron chi connectivity index (χ0n) is 16.0. The highest BCUT2D eigenvalue weighted by Gasteiger charge is 2.21. The van der Waals surface area contributed by atoms with Gasteiger partial charge in [-0.25, -0.2) is 4.39 Å². The minimum Gasteiger partial charge on any atom is -0.206 e. The Hall–Kier alpha value is -1.50. The molecule has 0 heterocycles. The Kier molecular flexibility index (Phi) is 5.76. The van der Waals surface area contributed by atoms with Crippen LogP contribution < -0.4 is 0 Å². The smallest absolute Gasteiger partial charge is 0.131 e. The van der Waals surface area contributed by atoms with Gasteiger partial charge in [-0.2, -0.15) is 0 Å². The van der Waals surface area contributed by atoms with E-state index in [9.17, 15) is 4.39 Å². The highest BCUT2D eigenvalue weighted by molar-refractivity contribution is 6.11. The molecule has 0 N–H and O–H groups in total. The second-order valence-corrected chi connectivity index (χ2v) is 8.58. The lowest BCUT2D eigenvalue weighted by Gasteiger charge is -2.27. The fraction of sp³-hybridized carbons (Fsp3) is 0.500. The molecule has 2 saturated carbocycles. The van der Waals surface area contributed by atoms with Gasteiger partial charge in [-0.15, -0.1) is 0 Å². The minimum absolute atomic E-state index is 0.112. The lowest BCUT2D eigenvalue weighted by molar-refractivity contribution is 0.442. The standard InChI is InChI=1S/C24H27B2F/c25-21-10-5-17(6-11-21)16-1-3-19(4-2-16)23-14-9-20(15-24(23)27)18-7-12-22(26)13-8-18/h1-4,9,14-15,17-18,21-22H,5-8,10-13H2. The SMILES string of the molecule is [B]C1CCC(c2ccc(-c3ccc(C4CCC([B])CC4)cc3F)cc2)CC1. The highest BCUT2D eigenvalue weighted by Crippen LogP contribution is 2.39. The van der Waals surface area contributed by atoms with Gasteiger partial charge in [0.05, 0.1) is 15.7 Å². The van der Waals surface area contributed by atoms with Crippen LogP contribution in [0.3, 0.4) is 0 Å². The van der Waals surface area contributed by atoms with Gasteiger partial charge in [0.25, 0.3) is 0 Å². The van der Waals surface area contributed by atoms with Crippen molar-refractivity contribution in [3.8, 4) is 11.1 Å². The van der Waals surface area contributed by atoms with Crippen LogP contribution in [0.15, 0.2) is 42.5 Å². The third kappa shape index (κ3) is 4.33. The summed E-state index contributed by atoms with van der Waals surface area (Å²) in [7, 11) is 12.0. The van der Waals surface area contributed by atoms with Crippen LogP contribution in [0.25, 0.3) is 11.1 Å². The molecule has 2 aromatic rings. The molecule has 0 aromatic heterocycles. The Morgan fingerprint density at radius 1 is 0.630 bits per heavy atom. The van der Waals surface area contributed by atoms with Gasteiger partial charge in [0, 0.05) is 5.56 Å². The van der Waals surface area contributed by atoms with Crippen molar-refractivity contribution in [2.75, 3.05) is 0 Å². The van der Waals surface area contributed by atoms with E-state index < -0.39 is 0 Å². The van der Waals surface area contributed by atoms with Gasteiger partial charge in [-0.05, 0) is 60.3 Å². The summed E-state index contributed by atoms with van der Waals surface area (Å²) in [6.45, 7) is 0. The van der Waals surface area contributed by atoms with Gasteiger partial charge in [0.1, 0.15) is 5.82 Å². The average molecular weight is 356 g/mol. The van der Waals surface area contributed by atoms with Crippen LogP contribution in [0.5, 0.6) is 0 Å². The molecule has 0 bridgehead atoms. The van der Waals surface area contributed by atoms with E-state index in [0.717, 1.165) is 62.5 Å². The summed E-state index contributed by atoms with van der Waals surface area (Å²) in [5, 5.41) is 0. The molecule has 3 heteroatoms. The molecule has 4 rings (SSSR count). The molecule has 0 atom stereocenters. The van der Waals surface area contributed by atoms with Crippen LogP contribution in [0.4, 0.5) is 4.39 Å². The van der Waals surface area contributed by atoms with E-state index in [4.69, 9.17) is 15.7 Å². The molecule has 2 aliphatic rings. The van der Waals surface area contributed by atoms with E-state index in [-0.39, 0.29) is 5.82 Å². The number of hydrogen-bond acceptors (Lipinski definition) is 0. The molecule has 2 fully saturated rings. The van der Waals surface area contributed by atoms with E-state index in [1.54, 1.807) is 6.07 Å². The number of rotatable bonds is 3. The molecular weight excluding hydrogens is 329 g/mol. The van der Waals surface area contributed by atoms with Crippen LogP contribution in [0.1, 0.15) is 74.3 Å². The lowest BCUT2D eigenvalue weighted by Crippen LogP contribution is -2.10. The molecule has 0 aliphatic heterocycles. The van der Waals surface area contributed by atoms with Crippen LogP contribution in [-0.4, -0.2) is 15.7 Å². The third-order valence-electron chi connectivity index (χ3n) is 6.70. The fourth-order valence-corrected chi connectivity index (χ4v) is 4.86. The molecule has 0 nitrogen and oxygen atoms in total. The quantitative estimate of drug-likeness (QED) is 0.536. The maximum absolute atomic E-state index is 14.8. The van der Waals surface area contributed by atoms with Crippen LogP contribution in [0, 0.1) is 5.82 Å². The van der Waals surface area contributed by atoms with Crippen molar-refractivity contribution in [2.45, 2.75) is 74.8 Å². The molecule has 0 spiro atoms. The van der Waals surface area contributed by atoms with E-state index in [2.05, 4.69) is 30.3 Å². The first-order valence-electron chi connectivity index (χ1n) is 10.5. The first kappa shape index (κ1) is 18.8. The third-order valence-corrected chi connectivity index (χ3v) is 6.70. The molecule has 136 valence electrons. The number of halogens is 1. The van der Waals surface area contributed by atoms with Gasteiger partial charge in [-0.3, -0.25) is 0 Å². The maximum atomic E-state index is 14.8. The zero-order chi connectivity index (χ0) is 18.8. The van der Waals surface area contributed by atoms with Crippen LogP contribution in [-0.2, 0) is 0 Å². The largest absolute Gasteiger partial charge is 0.206 e. The summed E-state index contributed by atoms with van der Waals surface area (Å²) in [5.74, 6) is 1.63. The Bertz CT molecular complexity index is 754. The second-order valence-electron chi connectivity index (χ2n) is 8.58. The Balaban J connectivity index is 1.48. The lowest BCUT2D eigenvalue weighted by atomic mass is 9.70.